The Kier molecular flexibility index (Phi) is 15.7. The number of thioether (sulfide) groups is 1. The third kappa shape index (κ3) is 12.9. The summed E-state index contributed by atoms with van der Waals surface area (Å²) in [6.07, 6.45) is 2.08. The molecule has 2 aromatic rings. The second-order valence-electron chi connectivity index (χ2n) is 11.1. The number of hydrogen-bond acceptors (Lipinski definition) is 9. The van der Waals surface area contributed by atoms with Gasteiger partial charge in [-0.05, 0) is 36.3 Å². The summed E-state index contributed by atoms with van der Waals surface area (Å²) in [7, 11) is 0. The lowest BCUT2D eigenvalue weighted by atomic mass is 10.00. The van der Waals surface area contributed by atoms with E-state index in [1.165, 1.54) is 30.0 Å². The number of amides is 4. The number of carboxylic acids is 1. The van der Waals surface area contributed by atoms with Gasteiger partial charge in [-0.1, -0.05) is 62.4 Å². The van der Waals surface area contributed by atoms with Gasteiger partial charge in [0.15, 0.2) is 0 Å². The Morgan fingerprint density at radius 3 is 2.04 bits per heavy atom. The van der Waals surface area contributed by atoms with E-state index in [4.69, 9.17) is 5.73 Å². The van der Waals surface area contributed by atoms with Gasteiger partial charge in [-0.15, -0.1) is 0 Å². The van der Waals surface area contributed by atoms with Crippen LogP contribution in [0.15, 0.2) is 54.6 Å². The molecule has 0 aliphatic heterocycles. The Hall–Kier alpha value is -4.50. The predicted octanol–water partition coefficient (Wildman–Crippen LogP) is 1.16. The minimum absolute atomic E-state index is 0.0113. The van der Waals surface area contributed by atoms with Gasteiger partial charge in [0.25, 0.3) is 5.69 Å². The molecule has 4 atom stereocenters. The molecular weight excluding hydrogens is 616 g/mol. The molecule has 4 amide bonds. The van der Waals surface area contributed by atoms with Crippen LogP contribution in [0, 0.1) is 16.0 Å². The van der Waals surface area contributed by atoms with Crippen molar-refractivity contribution in [1.29, 1.82) is 0 Å². The molecular formula is C31H42N6O8S. The number of hydrogen-bond donors (Lipinski definition) is 6. The number of nitro groups is 1. The maximum atomic E-state index is 13.7. The Labute approximate surface area is 271 Å². The average molecular weight is 659 g/mol. The number of rotatable bonds is 19. The van der Waals surface area contributed by atoms with Crippen LogP contribution in [0.4, 0.5) is 5.69 Å². The van der Waals surface area contributed by atoms with Gasteiger partial charge in [-0.2, -0.15) is 11.8 Å². The van der Waals surface area contributed by atoms with E-state index >= 15 is 0 Å². The molecule has 0 unspecified atom stereocenters. The Morgan fingerprint density at radius 1 is 0.870 bits per heavy atom. The molecule has 2 aromatic carbocycles. The molecule has 0 fully saturated rings. The molecule has 2 rings (SSSR count). The number of benzene rings is 2. The van der Waals surface area contributed by atoms with Gasteiger partial charge in [0.1, 0.15) is 18.1 Å². The molecule has 46 heavy (non-hydrogen) atoms. The van der Waals surface area contributed by atoms with E-state index in [1.54, 1.807) is 36.4 Å². The van der Waals surface area contributed by atoms with Crippen molar-refractivity contribution in [3.8, 4) is 0 Å². The van der Waals surface area contributed by atoms with Crippen LogP contribution in [0.25, 0.3) is 0 Å². The Morgan fingerprint density at radius 2 is 1.46 bits per heavy atom. The van der Waals surface area contributed by atoms with Crippen molar-refractivity contribution in [3.05, 3.63) is 75.8 Å². The molecule has 0 spiro atoms. The van der Waals surface area contributed by atoms with Crippen molar-refractivity contribution in [1.82, 2.24) is 21.3 Å². The van der Waals surface area contributed by atoms with E-state index < -0.39 is 65.2 Å². The van der Waals surface area contributed by atoms with Crippen molar-refractivity contribution >= 4 is 47.0 Å². The highest BCUT2D eigenvalue weighted by atomic mass is 32.2. The van der Waals surface area contributed by atoms with Crippen molar-refractivity contribution < 1.29 is 34.0 Å². The maximum Gasteiger partial charge on any atom is 0.326 e. The normalized spacial score (nSPS) is 13.5. The molecule has 0 aliphatic carbocycles. The summed E-state index contributed by atoms with van der Waals surface area (Å²) in [5.74, 6) is -3.57. The first-order chi connectivity index (χ1) is 21.8. The standard InChI is InChI=1S/C31H42N6O8S/c1-19(2)15-25(31(42)43)36-29(40)23(16-20-9-5-4-6-10-20)35-30(41)24(17-21-11-7-8-12-26(21)37(44)45)34-27(38)18-33-28(39)22(32)13-14-46-3/h4-12,19,22-25H,13-18,32H2,1-3H3,(H,33,39)(H,34,38)(H,35,41)(H,36,40)(H,42,43)/t22-,23-,24-,25-/m0/s1. The number of carbonyl (C=O) groups excluding carboxylic acids is 4. The van der Waals surface area contributed by atoms with Crippen LogP contribution in [-0.2, 0) is 36.8 Å². The second kappa shape index (κ2) is 19.1. The molecule has 0 radical (unpaired) electrons. The summed E-state index contributed by atoms with van der Waals surface area (Å²) in [4.78, 5) is 75.3. The second-order valence-corrected chi connectivity index (χ2v) is 12.1. The van der Waals surface area contributed by atoms with Gasteiger partial charge >= 0.3 is 5.97 Å². The van der Waals surface area contributed by atoms with Gasteiger partial charge in [0, 0.05) is 24.5 Å². The van der Waals surface area contributed by atoms with Crippen molar-refractivity contribution in [2.75, 3.05) is 18.6 Å². The first-order valence-electron chi connectivity index (χ1n) is 14.7. The average Bonchev–Trinajstić information content (AvgIpc) is 3.01. The molecule has 0 aliphatic rings. The highest BCUT2D eigenvalue weighted by molar-refractivity contribution is 7.98. The molecule has 0 saturated carbocycles. The van der Waals surface area contributed by atoms with Gasteiger partial charge in [0.2, 0.25) is 23.6 Å². The van der Waals surface area contributed by atoms with Crippen molar-refractivity contribution in [2.24, 2.45) is 11.7 Å². The number of nitrogens with two attached hydrogens (primary N) is 1. The predicted molar refractivity (Wildman–Crippen MR) is 174 cm³/mol. The highest BCUT2D eigenvalue weighted by Gasteiger charge is 2.31. The number of carbonyl (C=O) groups is 5. The zero-order valence-electron chi connectivity index (χ0n) is 26.1. The zero-order valence-corrected chi connectivity index (χ0v) is 26.9. The van der Waals surface area contributed by atoms with Crippen LogP contribution in [0.3, 0.4) is 0 Å². The molecule has 0 bridgehead atoms. The van der Waals surface area contributed by atoms with Gasteiger partial charge in [-0.25, -0.2) is 4.79 Å². The smallest absolute Gasteiger partial charge is 0.326 e. The first-order valence-corrected chi connectivity index (χ1v) is 16.1. The fraction of sp³-hybridized carbons (Fsp3) is 0.452. The van der Waals surface area contributed by atoms with Gasteiger partial charge in [-0.3, -0.25) is 29.3 Å². The summed E-state index contributed by atoms with van der Waals surface area (Å²) in [5, 5.41) is 31.4. The third-order valence-electron chi connectivity index (χ3n) is 6.89. The minimum Gasteiger partial charge on any atom is -0.480 e. The molecule has 0 heterocycles. The largest absolute Gasteiger partial charge is 0.480 e. The fourth-order valence-corrected chi connectivity index (χ4v) is 5.00. The fourth-order valence-electron chi connectivity index (χ4n) is 4.51. The summed E-state index contributed by atoms with van der Waals surface area (Å²) in [6.45, 7) is 3.10. The van der Waals surface area contributed by atoms with Crippen molar-refractivity contribution in [2.45, 2.75) is 63.7 Å². The van der Waals surface area contributed by atoms with E-state index in [2.05, 4.69) is 21.3 Å². The van der Waals surface area contributed by atoms with E-state index in [0.717, 1.165) is 0 Å². The molecule has 14 nitrogen and oxygen atoms in total. The van der Waals surface area contributed by atoms with Crippen LogP contribution in [-0.4, -0.2) is 82.3 Å². The van der Waals surface area contributed by atoms with Crippen LogP contribution < -0.4 is 27.0 Å². The Balaban J connectivity index is 2.34. The number of nitrogens with one attached hydrogen (secondary N) is 4. The summed E-state index contributed by atoms with van der Waals surface area (Å²) < 4.78 is 0. The topological polar surface area (TPSA) is 223 Å². The van der Waals surface area contributed by atoms with Crippen LogP contribution in [0.2, 0.25) is 0 Å². The number of nitrogens with zero attached hydrogens (tertiary/aromatic N) is 1. The van der Waals surface area contributed by atoms with E-state index in [9.17, 15) is 39.2 Å². The third-order valence-corrected chi connectivity index (χ3v) is 7.54. The number of aliphatic carboxylic acids is 1. The van der Waals surface area contributed by atoms with Crippen LogP contribution in [0.5, 0.6) is 0 Å². The summed E-state index contributed by atoms with van der Waals surface area (Å²) in [6, 6.07) is 9.69. The van der Waals surface area contributed by atoms with Gasteiger partial charge < -0.3 is 32.1 Å². The Bertz CT molecular complexity index is 1360. The number of para-hydroxylation sites is 1. The monoisotopic (exact) mass is 658 g/mol. The highest BCUT2D eigenvalue weighted by Crippen LogP contribution is 2.19. The molecule has 250 valence electrons. The van der Waals surface area contributed by atoms with Crippen LogP contribution in [0.1, 0.15) is 37.8 Å². The molecule has 0 aromatic heterocycles. The van der Waals surface area contributed by atoms with E-state index in [-0.39, 0.29) is 36.4 Å². The lowest BCUT2D eigenvalue weighted by Gasteiger charge is -2.25. The number of nitro benzene ring substituents is 1. The summed E-state index contributed by atoms with van der Waals surface area (Å²) in [5.41, 5.74) is 6.38. The molecule has 15 heteroatoms. The lowest BCUT2D eigenvalue weighted by molar-refractivity contribution is -0.385. The quantitative estimate of drug-likeness (QED) is 0.0933. The van der Waals surface area contributed by atoms with Gasteiger partial charge in [0.05, 0.1) is 17.5 Å². The van der Waals surface area contributed by atoms with Crippen molar-refractivity contribution in [3.63, 3.8) is 0 Å². The molecule has 7 N–H and O–H groups in total. The zero-order chi connectivity index (χ0) is 34.2. The molecule has 0 saturated heterocycles. The van der Waals surface area contributed by atoms with E-state index in [1.807, 2.05) is 20.1 Å². The van der Waals surface area contributed by atoms with E-state index in [0.29, 0.717) is 17.7 Å². The maximum absolute atomic E-state index is 13.7. The number of carboxylic acid groups (broad SMARTS) is 1. The van der Waals surface area contributed by atoms with Crippen LogP contribution >= 0.6 is 11.8 Å². The SMILES string of the molecule is CSCC[C@H](N)C(=O)NCC(=O)N[C@@H](Cc1ccccc1[N+](=O)[O-])C(=O)N[C@@H](Cc1ccccc1)C(=O)N[C@@H](CC(C)C)C(=O)O. The minimum atomic E-state index is -1.41. The first kappa shape index (κ1) is 37.7. The summed E-state index contributed by atoms with van der Waals surface area (Å²) >= 11 is 1.51. The lowest BCUT2D eigenvalue weighted by Crippen LogP contribution is -2.57.